The lowest BCUT2D eigenvalue weighted by Gasteiger charge is -2.36. The van der Waals surface area contributed by atoms with Gasteiger partial charge in [0, 0.05) is 25.8 Å². The predicted octanol–water partition coefficient (Wildman–Crippen LogP) is 3.23. The molecule has 1 aromatic carbocycles. The van der Waals surface area contributed by atoms with E-state index in [1.807, 2.05) is 41.3 Å². The summed E-state index contributed by atoms with van der Waals surface area (Å²) in [5.41, 5.74) is 1.27. The van der Waals surface area contributed by atoms with Crippen molar-refractivity contribution in [2.45, 2.75) is 49.8 Å². The number of aromatic nitrogens is 4. The first-order valence-corrected chi connectivity index (χ1v) is 12.2. The van der Waals surface area contributed by atoms with Crippen molar-refractivity contribution in [3.05, 3.63) is 42.1 Å². The molecule has 1 saturated heterocycles. The van der Waals surface area contributed by atoms with Crippen LogP contribution in [0.3, 0.4) is 0 Å². The van der Waals surface area contributed by atoms with Crippen molar-refractivity contribution in [3.8, 4) is 0 Å². The van der Waals surface area contributed by atoms with Crippen molar-refractivity contribution in [2.75, 3.05) is 31.3 Å². The van der Waals surface area contributed by atoms with Crippen molar-refractivity contribution in [1.82, 2.24) is 25.1 Å². The molecule has 0 spiro atoms. The highest BCUT2D eigenvalue weighted by molar-refractivity contribution is 7.98. The third-order valence-corrected chi connectivity index (χ3v) is 6.35. The van der Waals surface area contributed by atoms with Gasteiger partial charge in [0.15, 0.2) is 10.8 Å². The summed E-state index contributed by atoms with van der Waals surface area (Å²) in [6.45, 7) is 6.33. The average molecular weight is 455 g/mol. The van der Waals surface area contributed by atoms with Crippen LogP contribution in [-0.4, -0.2) is 57.7 Å². The highest BCUT2D eigenvalue weighted by Gasteiger charge is 2.41. The Bertz CT molecular complexity index is 1060. The Balaban J connectivity index is 1.50. The number of hydrogen-bond acceptors (Lipinski definition) is 7. The Labute approximate surface area is 192 Å². The molecule has 8 nitrogen and oxygen atoms in total. The number of thioether (sulfide) groups is 1. The van der Waals surface area contributed by atoms with Gasteiger partial charge in [0.1, 0.15) is 5.82 Å². The molecule has 0 saturated carbocycles. The topological polar surface area (TPSA) is 94.0 Å². The summed E-state index contributed by atoms with van der Waals surface area (Å²) in [4.78, 5) is 22.6. The van der Waals surface area contributed by atoms with Gasteiger partial charge in [-0.1, -0.05) is 42.1 Å². The Morgan fingerprint density at radius 3 is 2.66 bits per heavy atom. The molecule has 0 bridgehead atoms. The normalized spacial score (nSPS) is 15.8. The van der Waals surface area contributed by atoms with E-state index in [0.29, 0.717) is 44.3 Å². The molecule has 2 N–H and O–H groups in total. The van der Waals surface area contributed by atoms with Gasteiger partial charge in [0.25, 0.3) is 0 Å². The van der Waals surface area contributed by atoms with Gasteiger partial charge in [-0.05, 0) is 38.5 Å². The van der Waals surface area contributed by atoms with Crippen molar-refractivity contribution in [3.63, 3.8) is 0 Å². The molecule has 0 atom stereocenters. The predicted molar refractivity (Wildman–Crippen MR) is 127 cm³/mol. The van der Waals surface area contributed by atoms with Gasteiger partial charge in [-0.2, -0.15) is 5.10 Å². The molecule has 3 aromatic rings. The summed E-state index contributed by atoms with van der Waals surface area (Å²) in [6, 6.07) is 10.3. The van der Waals surface area contributed by atoms with Crippen LogP contribution in [0.25, 0.3) is 11.0 Å². The van der Waals surface area contributed by atoms with Crippen LogP contribution in [0.5, 0.6) is 0 Å². The zero-order valence-corrected chi connectivity index (χ0v) is 19.6. The second-order valence-electron chi connectivity index (χ2n) is 8.28. The monoisotopic (exact) mass is 454 g/mol. The third kappa shape index (κ3) is 4.59. The highest BCUT2D eigenvalue weighted by Crippen LogP contribution is 2.35. The SMILES string of the molecule is CSc1nc(NC(C)C)c2cnn(CCNC(=O)C3(c4ccccc4)CCOCC3)c2n1. The zero-order valence-electron chi connectivity index (χ0n) is 18.8. The van der Waals surface area contributed by atoms with E-state index < -0.39 is 5.41 Å². The lowest BCUT2D eigenvalue weighted by molar-refractivity contribution is -0.130. The molecule has 0 unspecified atom stereocenters. The number of fused-ring (bicyclic) bond motifs is 1. The second-order valence-corrected chi connectivity index (χ2v) is 9.05. The molecular weight excluding hydrogens is 424 g/mol. The molecule has 1 fully saturated rings. The minimum atomic E-state index is -0.547. The summed E-state index contributed by atoms with van der Waals surface area (Å²) in [6.07, 6.45) is 5.11. The Morgan fingerprint density at radius 2 is 1.97 bits per heavy atom. The Morgan fingerprint density at radius 1 is 1.22 bits per heavy atom. The molecule has 170 valence electrons. The van der Waals surface area contributed by atoms with Crippen LogP contribution in [-0.2, 0) is 21.5 Å². The number of ether oxygens (including phenoxy) is 1. The van der Waals surface area contributed by atoms with Gasteiger partial charge in [0.05, 0.1) is 23.5 Å². The maximum Gasteiger partial charge on any atom is 0.230 e. The summed E-state index contributed by atoms with van der Waals surface area (Å²) < 4.78 is 7.39. The van der Waals surface area contributed by atoms with Gasteiger partial charge in [0.2, 0.25) is 5.91 Å². The summed E-state index contributed by atoms with van der Waals surface area (Å²) in [5, 5.41) is 12.6. The van der Waals surface area contributed by atoms with Crippen LogP contribution in [0.2, 0.25) is 0 Å². The molecule has 2 aromatic heterocycles. The fourth-order valence-electron chi connectivity index (χ4n) is 4.14. The van der Waals surface area contributed by atoms with E-state index in [0.717, 1.165) is 22.4 Å². The molecule has 32 heavy (non-hydrogen) atoms. The molecule has 0 aliphatic carbocycles. The molecule has 0 radical (unpaired) electrons. The van der Waals surface area contributed by atoms with E-state index in [-0.39, 0.29) is 11.9 Å². The summed E-state index contributed by atoms with van der Waals surface area (Å²) in [5.74, 6) is 0.833. The number of rotatable bonds is 8. The van der Waals surface area contributed by atoms with E-state index >= 15 is 0 Å². The molecule has 1 aliphatic rings. The van der Waals surface area contributed by atoms with Crippen molar-refractivity contribution >= 4 is 34.5 Å². The number of nitrogens with zero attached hydrogens (tertiary/aromatic N) is 4. The van der Waals surface area contributed by atoms with Gasteiger partial charge >= 0.3 is 0 Å². The number of anilines is 1. The molecule has 3 heterocycles. The Hall–Kier alpha value is -2.65. The van der Waals surface area contributed by atoms with Gasteiger partial charge in [-0.25, -0.2) is 14.6 Å². The number of nitrogens with one attached hydrogen (secondary N) is 2. The molecule has 9 heteroatoms. The third-order valence-electron chi connectivity index (χ3n) is 5.80. The lowest BCUT2D eigenvalue weighted by Crippen LogP contribution is -2.48. The fraction of sp³-hybridized carbons (Fsp3) is 0.478. The number of carbonyl (C=O) groups is 1. The largest absolute Gasteiger partial charge is 0.381 e. The summed E-state index contributed by atoms with van der Waals surface area (Å²) in [7, 11) is 0. The number of hydrogen-bond donors (Lipinski definition) is 2. The fourth-order valence-corrected chi connectivity index (χ4v) is 4.50. The molecule has 1 amide bonds. The van der Waals surface area contributed by atoms with Gasteiger partial charge < -0.3 is 15.4 Å². The summed E-state index contributed by atoms with van der Waals surface area (Å²) >= 11 is 1.50. The quantitative estimate of drug-likeness (QED) is 0.399. The van der Waals surface area contributed by atoms with Crippen LogP contribution in [0.1, 0.15) is 32.3 Å². The second kappa shape index (κ2) is 9.87. The first-order valence-electron chi connectivity index (χ1n) is 11.0. The van der Waals surface area contributed by atoms with Crippen molar-refractivity contribution in [2.24, 2.45) is 0 Å². The molecular formula is C23H30N6O2S. The standard InChI is InChI=1S/C23H30N6O2S/c1-16(2)26-19-18-15-25-29(20(18)28-22(27-19)32-3)12-11-24-21(30)23(9-13-31-14-10-23)17-7-5-4-6-8-17/h4-8,15-16H,9-14H2,1-3H3,(H,24,30)(H,26,27,28). The number of benzene rings is 1. The zero-order chi connectivity index (χ0) is 22.6. The lowest BCUT2D eigenvalue weighted by atomic mass is 9.73. The van der Waals surface area contributed by atoms with Crippen molar-refractivity contribution < 1.29 is 9.53 Å². The maximum atomic E-state index is 13.4. The number of amides is 1. The van der Waals surface area contributed by atoms with Crippen LogP contribution < -0.4 is 10.6 Å². The first kappa shape index (κ1) is 22.5. The van der Waals surface area contributed by atoms with E-state index in [1.54, 1.807) is 6.20 Å². The molecule has 4 rings (SSSR count). The van der Waals surface area contributed by atoms with Crippen LogP contribution in [0, 0.1) is 0 Å². The van der Waals surface area contributed by atoms with Gasteiger partial charge in [-0.15, -0.1) is 0 Å². The van der Waals surface area contributed by atoms with Crippen LogP contribution in [0.4, 0.5) is 5.82 Å². The van der Waals surface area contributed by atoms with E-state index in [4.69, 9.17) is 4.74 Å². The minimum Gasteiger partial charge on any atom is -0.381 e. The maximum absolute atomic E-state index is 13.4. The Kier molecular flexibility index (Phi) is 6.95. The van der Waals surface area contributed by atoms with Gasteiger partial charge in [-0.3, -0.25) is 4.79 Å². The van der Waals surface area contributed by atoms with E-state index in [9.17, 15) is 4.79 Å². The average Bonchev–Trinajstić information content (AvgIpc) is 3.22. The van der Waals surface area contributed by atoms with E-state index in [2.05, 4.69) is 39.5 Å². The van der Waals surface area contributed by atoms with E-state index in [1.165, 1.54) is 11.8 Å². The van der Waals surface area contributed by atoms with Crippen LogP contribution in [0.15, 0.2) is 41.7 Å². The van der Waals surface area contributed by atoms with Crippen LogP contribution >= 0.6 is 11.8 Å². The highest BCUT2D eigenvalue weighted by atomic mass is 32.2. The number of carbonyl (C=O) groups excluding carboxylic acids is 1. The van der Waals surface area contributed by atoms with Crippen molar-refractivity contribution in [1.29, 1.82) is 0 Å². The smallest absolute Gasteiger partial charge is 0.230 e. The minimum absolute atomic E-state index is 0.0463. The first-order chi connectivity index (χ1) is 15.5. The molecule has 1 aliphatic heterocycles.